The van der Waals surface area contributed by atoms with E-state index in [4.69, 9.17) is 38.3 Å². The summed E-state index contributed by atoms with van der Waals surface area (Å²) in [4.78, 5) is 37.1. The van der Waals surface area contributed by atoms with Crippen LogP contribution in [0.15, 0.2) is 12.5 Å². The van der Waals surface area contributed by atoms with E-state index in [1.165, 1.54) is 6.33 Å². The lowest BCUT2D eigenvalue weighted by atomic mass is 10.0. The van der Waals surface area contributed by atoms with Crippen LogP contribution in [0.5, 0.6) is 0 Å². The summed E-state index contributed by atoms with van der Waals surface area (Å²) in [7, 11) is 0. The van der Waals surface area contributed by atoms with Crippen LogP contribution in [0.4, 0.5) is 0 Å². The molecule has 1 aromatic heterocycles. The Kier molecular flexibility index (Phi) is 17.1. The first-order valence-corrected chi connectivity index (χ1v) is 9.60. The number of nitrogens with one attached hydrogen (secondary N) is 1. The average molecular weight is 433 g/mol. The molecule has 30 heavy (non-hydrogen) atoms. The van der Waals surface area contributed by atoms with Crippen LogP contribution in [0.1, 0.15) is 45.2 Å². The van der Waals surface area contributed by atoms with Crippen molar-refractivity contribution in [3.63, 3.8) is 0 Å². The van der Waals surface area contributed by atoms with E-state index in [-0.39, 0.29) is 12.3 Å². The van der Waals surface area contributed by atoms with Crippen LogP contribution in [-0.4, -0.2) is 67.9 Å². The zero-order valence-electron chi connectivity index (χ0n) is 17.5. The molecule has 1 aromatic rings. The third-order valence-corrected chi connectivity index (χ3v) is 4.14. The lowest BCUT2D eigenvalue weighted by Gasteiger charge is -2.11. The zero-order valence-corrected chi connectivity index (χ0v) is 17.5. The molecule has 4 atom stereocenters. The molecule has 12 heteroatoms. The van der Waals surface area contributed by atoms with Gasteiger partial charge in [-0.2, -0.15) is 0 Å². The summed E-state index contributed by atoms with van der Waals surface area (Å²) < 4.78 is 0. The molecule has 0 bridgehead atoms. The number of carboxylic acid groups (broad SMARTS) is 3. The summed E-state index contributed by atoms with van der Waals surface area (Å²) in [5.74, 6) is -2.77. The second kappa shape index (κ2) is 17.3. The smallest absolute Gasteiger partial charge is 0.320 e. The lowest BCUT2D eigenvalue weighted by Crippen LogP contribution is -2.36. The van der Waals surface area contributed by atoms with Crippen molar-refractivity contribution < 1.29 is 29.7 Å². The van der Waals surface area contributed by atoms with Gasteiger partial charge in [0.1, 0.15) is 18.1 Å². The van der Waals surface area contributed by atoms with E-state index in [2.05, 4.69) is 9.97 Å². The number of carbonyl (C=O) groups is 3. The number of hydrogen-bond donors (Lipinski definition) is 8. The molecule has 0 aliphatic carbocycles. The van der Waals surface area contributed by atoms with Crippen LogP contribution in [-0.2, 0) is 20.8 Å². The molecule has 4 unspecified atom stereocenters. The number of hydrogen-bond acceptors (Lipinski definition) is 8. The van der Waals surface area contributed by atoms with Crippen LogP contribution < -0.4 is 22.9 Å². The fourth-order valence-corrected chi connectivity index (χ4v) is 1.85. The largest absolute Gasteiger partial charge is 0.480 e. The quantitative estimate of drug-likeness (QED) is 0.204. The van der Waals surface area contributed by atoms with Crippen molar-refractivity contribution in [1.29, 1.82) is 0 Å². The van der Waals surface area contributed by atoms with Gasteiger partial charge in [-0.3, -0.25) is 14.4 Å². The predicted octanol–water partition coefficient (Wildman–Crippen LogP) is -0.664. The molecular formula is C18H36N6O6. The Morgan fingerprint density at radius 2 is 1.60 bits per heavy atom. The van der Waals surface area contributed by atoms with Crippen molar-refractivity contribution in [3.05, 3.63) is 18.2 Å². The molecule has 0 saturated heterocycles. The van der Waals surface area contributed by atoms with Crippen LogP contribution >= 0.6 is 0 Å². The third-order valence-electron chi connectivity index (χ3n) is 4.14. The summed E-state index contributed by atoms with van der Waals surface area (Å²) in [5.41, 5.74) is 21.7. The highest BCUT2D eigenvalue weighted by molar-refractivity contribution is 5.74. The van der Waals surface area contributed by atoms with E-state index < -0.39 is 36.0 Å². The standard InChI is InChI=1S/C6H9N3O2.C6H14N2O2.C6H13NO2/c7-5(6(10)11)1-4-2-8-3-9-4;7-4-2-1-3-5(8)6(9)10;1-3-4(2)5(7)6(8)9/h2-3,5H,1,7H2,(H,8,9)(H,10,11);5H,1-4,7-8H2,(H,9,10);4-5H,3,7H2,1-2H3,(H,8,9). The number of nitrogens with zero attached hydrogens (tertiary/aromatic N) is 1. The first-order valence-electron chi connectivity index (χ1n) is 9.60. The van der Waals surface area contributed by atoms with Crippen LogP contribution in [0.3, 0.4) is 0 Å². The normalized spacial score (nSPS) is 14.1. The number of nitrogens with two attached hydrogens (primary N) is 4. The number of aliphatic carboxylic acids is 3. The monoisotopic (exact) mass is 432 g/mol. The predicted molar refractivity (Wildman–Crippen MR) is 111 cm³/mol. The molecule has 0 fully saturated rings. The molecule has 174 valence electrons. The van der Waals surface area contributed by atoms with Crippen LogP contribution in [0.25, 0.3) is 0 Å². The summed E-state index contributed by atoms with van der Waals surface area (Å²) in [5, 5.41) is 25.1. The van der Waals surface area contributed by atoms with Gasteiger partial charge < -0.3 is 43.2 Å². The van der Waals surface area contributed by atoms with Crippen molar-refractivity contribution >= 4 is 17.9 Å². The minimum atomic E-state index is -1.00. The number of rotatable bonds is 11. The molecule has 0 radical (unpaired) electrons. The van der Waals surface area contributed by atoms with E-state index in [1.807, 2.05) is 13.8 Å². The Hall–Kier alpha value is -2.54. The number of imidazole rings is 1. The van der Waals surface area contributed by atoms with E-state index in [1.54, 1.807) is 6.20 Å². The van der Waals surface area contributed by atoms with E-state index in [0.29, 0.717) is 13.0 Å². The highest BCUT2D eigenvalue weighted by Crippen LogP contribution is 2.04. The van der Waals surface area contributed by atoms with Crippen LogP contribution in [0.2, 0.25) is 0 Å². The summed E-state index contributed by atoms with van der Waals surface area (Å²) in [6.45, 7) is 4.36. The maximum atomic E-state index is 10.3. The Balaban J connectivity index is 0. The van der Waals surface area contributed by atoms with E-state index in [9.17, 15) is 14.4 Å². The molecule has 12 N–H and O–H groups in total. The number of unbranched alkanes of at least 4 members (excludes halogenated alkanes) is 1. The molecular weight excluding hydrogens is 396 g/mol. The van der Waals surface area contributed by atoms with E-state index in [0.717, 1.165) is 25.0 Å². The number of aromatic nitrogens is 2. The molecule has 0 aliphatic heterocycles. The van der Waals surface area contributed by atoms with Gasteiger partial charge in [0.25, 0.3) is 0 Å². The molecule has 0 saturated carbocycles. The van der Waals surface area contributed by atoms with Gasteiger partial charge >= 0.3 is 17.9 Å². The van der Waals surface area contributed by atoms with E-state index >= 15 is 0 Å². The Morgan fingerprint density at radius 1 is 1.03 bits per heavy atom. The SMILES string of the molecule is CCC(C)C(N)C(=O)O.NC(Cc1cnc[nH]1)C(=O)O.NCCCCC(N)C(=O)O. The molecule has 12 nitrogen and oxygen atoms in total. The topological polar surface area (TPSA) is 245 Å². The fourth-order valence-electron chi connectivity index (χ4n) is 1.85. The summed E-state index contributed by atoms with van der Waals surface area (Å²) >= 11 is 0. The van der Waals surface area contributed by atoms with Gasteiger partial charge in [0.05, 0.1) is 6.33 Å². The van der Waals surface area contributed by atoms with Crippen LogP contribution in [0, 0.1) is 5.92 Å². The van der Waals surface area contributed by atoms with Crippen molar-refractivity contribution in [2.45, 2.75) is 64.1 Å². The highest BCUT2D eigenvalue weighted by Gasteiger charge is 2.17. The minimum Gasteiger partial charge on any atom is -0.480 e. The average Bonchev–Trinajstić information content (AvgIpc) is 3.20. The maximum absolute atomic E-state index is 10.3. The summed E-state index contributed by atoms with van der Waals surface area (Å²) in [6, 6.07) is -2.27. The molecule has 0 spiro atoms. The first kappa shape index (κ1) is 29.7. The van der Waals surface area contributed by atoms with Gasteiger partial charge in [-0.1, -0.05) is 26.7 Å². The second-order valence-electron chi connectivity index (χ2n) is 6.70. The zero-order chi connectivity index (χ0) is 23.7. The van der Waals surface area contributed by atoms with Crippen molar-refractivity contribution in [3.8, 4) is 0 Å². The summed E-state index contributed by atoms with van der Waals surface area (Å²) in [6.07, 6.45) is 6.31. The van der Waals surface area contributed by atoms with Crippen molar-refractivity contribution in [2.75, 3.05) is 6.54 Å². The van der Waals surface area contributed by atoms with Gasteiger partial charge in [0.15, 0.2) is 0 Å². The minimum absolute atomic E-state index is 0.0718. The molecule has 0 amide bonds. The highest BCUT2D eigenvalue weighted by atomic mass is 16.4. The van der Waals surface area contributed by atoms with Gasteiger partial charge in [0.2, 0.25) is 0 Å². The maximum Gasteiger partial charge on any atom is 0.320 e. The van der Waals surface area contributed by atoms with Gasteiger partial charge in [0, 0.05) is 18.3 Å². The third kappa shape index (κ3) is 15.4. The second-order valence-corrected chi connectivity index (χ2v) is 6.70. The Labute approximate surface area is 176 Å². The molecule has 0 aromatic carbocycles. The van der Waals surface area contributed by atoms with Crippen molar-refractivity contribution in [2.24, 2.45) is 28.9 Å². The number of carboxylic acids is 3. The Bertz CT molecular complexity index is 598. The van der Waals surface area contributed by atoms with Gasteiger partial charge in [-0.05, 0) is 25.3 Å². The molecule has 1 heterocycles. The number of H-pyrrole nitrogens is 1. The lowest BCUT2D eigenvalue weighted by molar-refractivity contribution is -0.140. The molecule has 0 aliphatic rings. The van der Waals surface area contributed by atoms with Crippen molar-refractivity contribution in [1.82, 2.24) is 9.97 Å². The van der Waals surface area contributed by atoms with Gasteiger partial charge in [-0.15, -0.1) is 0 Å². The number of aromatic amines is 1. The fraction of sp³-hybridized carbons (Fsp3) is 0.667. The first-order chi connectivity index (χ1) is 14.0. The Morgan fingerprint density at radius 3 is 1.93 bits per heavy atom. The molecule has 1 rings (SSSR count). The van der Waals surface area contributed by atoms with Gasteiger partial charge in [-0.25, -0.2) is 4.98 Å².